The SMILES string of the molecule is C=CC(=O)OC(O)(OC(=O)C=C)C(O)CCCCc1ccccc1. The van der Waals surface area contributed by atoms with Crippen molar-refractivity contribution in [2.24, 2.45) is 0 Å². The standard InChI is InChI=1S/C18H22O6/c1-3-16(20)23-18(22,24-17(21)4-2)15(19)13-9-8-12-14-10-6-5-7-11-14/h3-7,10-11,15,19,22H,1-2,8-9,12-13H2. The maximum atomic E-state index is 11.3. The Morgan fingerprint density at radius 3 is 2.12 bits per heavy atom. The molecule has 6 heteroatoms. The summed E-state index contributed by atoms with van der Waals surface area (Å²) in [4.78, 5) is 22.6. The van der Waals surface area contributed by atoms with Crippen LogP contribution in [0, 0.1) is 0 Å². The van der Waals surface area contributed by atoms with Crippen LogP contribution in [0.5, 0.6) is 0 Å². The molecule has 6 nitrogen and oxygen atoms in total. The fourth-order valence-corrected chi connectivity index (χ4v) is 2.02. The zero-order valence-corrected chi connectivity index (χ0v) is 13.4. The molecule has 1 aromatic carbocycles. The summed E-state index contributed by atoms with van der Waals surface area (Å²) in [6.07, 6.45) is 2.10. The minimum Gasteiger partial charge on any atom is -0.393 e. The third-order valence-electron chi connectivity index (χ3n) is 3.28. The number of hydrogen-bond acceptors (Lipinski definition) is 6. The molecule has 0 saturated carbocycles. The van der Waals surface area contributed by atoms with Crippen molar-refractivity contribution in [2.75, 3.05) is 0 Å². The lowest BCUT2D eigenvalue weighted by molar-refractivity contribution is -0.358. The molecule has 0 aliphatic carbocycles. The fraction of sp³-hybridized carbons (Fsp3) is 0.333. The van der Waals surface area contributed by atoms with E-state index < -0.39 is 24.0 Å². The van der Waals surface area contributed by atoms with Crippen LogP contribution in [0.1, 0.15) is 24.8 Å². The second kappa shape index (κ2) is 9.64. The van der Waals surface area contributed by atoms with Crippen LogP contribution in [0.3, 0.4) is 0 Å². The molecule has 0 spiro atoms. The average Bonchev–Trinajstić information content (AvgIpc) is 2.58. The van der Waals surface area contributed by atoms with Gasteiger partial charge in [-0.1, -0.05) is 49.9 Å². The van der Waals surface area contributed by atoms with Crippen LogP contribution in [0.2, 0.25) is 0 Å². The molecular weight excluding hydrogens is 312 g/mol. The molecule has 24 heavy (non-hydrogen) atoms. The number of carbonyl (C=O) groups excluding carboxylic acids is 2. The summed E-state index contributed by atoms with van der Waals surface area (Å²) >= 11 is 0. The zero-order chi connectivity index (χ0) is 18.0. The van der Waals surface area contributed by atoms with E-state index in [1.165, 1.54) is 0 Å². The number of benzene rings is 1. The van der Waals surface area contributed by atoms with Gasteiger partial charge in [0, 0.05) is 12.2 Å². The van der Waals surface area contributed by atoms with E-state index in [-0.39, 0.29) is 6.42 Å². The Balaban J connectivity index is 2.57. The van der Waals surface area contributed by atoms with E-state index >= 15 is 0 Å². The number of ether oxygens (including phenoxy) is 2. The van der Waals surface area contributed by atoms with Crippen LogP contribution in [-0.2, 0) is 25.5 Å². The van der Waals surface area contributed by atoms with Crippen molar-refractivity contribution in [1.82, 2.24) is 0 Å². The molecule has 1 unspecified atom stereocenters. The second-order valence-corrected chi connectivity index (χ2v) is 5.13. The number of rotatable bonds is 10. The molecule has 0 radical (unpaired) electrons. The van der Waals surface area contributed by atoms with Crippen molar-refractivity contribution < 1.29 is 29.3 Å². The number of aliphatic hydroxyl groups excluding tert-OH is 1. The van der Waals surface area contributed by atoms with Crippen molar-refractivity contribution in [3.05, 3.63) is 61.2 Å². The third kappa shape index (κ3) is 6.36. The molecule has 1 aromatic rings. The number of esters is 2. The van der Waals surface area contributed by atoms with Crippen LogP contribution in [0.15, 0.2) is 55.6 Å². The first-order valence-corrected chi connectivity index (χ1v) is 7.56. The zero-order valence-electron chi connectivity index (χ0n) is 13.4. The number of aryl methyl sites for hydroxylation is 1. The van der Waals surface area contributed by atoms with Gasteiger partial charge in [0.15, 0.2) is 6.10 Å². The number of carbonyl (C=O) groups is 2. The van der Waals surface area contributed by atoms with Gasteiger partial charge in [-0.3, -0.25) is 0 Å². The highest BCUT2D eigenvalue weighted by Crippen LogP contribution is 2.21. The number of hydrogen-bond donors (Lipinski definition) is 2. The summed E-state index contributed by atoms with van der Waals surface area (Å²) in [5.41, 5.74) is 1.15. The number of unbranched alkanes of at least 4 members (excludes halogenated alkanes) is 1. The Hall–Kier alpha value is -2.44. The summed E-state index contributed by atoms with van der Waals surface area (Å²) in [5.74, 6) is -4.83. The van der Waals surface area contributed by atoms with E-state index in [1.54, 1.807) is 0 Å². The average molecular weight is 334 g/mol. The van der Waals surface area contributed by atoms with Gasteiger partial charge < -0.3 is 19.7 Å². The van der Waals surface area contributed by atoms with Gasteiger partial charge in [-0.2, -0.15) is 0 Å². The minimum atomic E-state index is -2.77. The van der Waals surface area contributed by atoms with E-state index in [9.17, 15) is 19.8 Å². The molecule has 0 fully saturated rings. The third-order valence-corrected chi connectivity index (χ3v) is 3.28. The van der Waals surface area contributed by atoms with Crippen molar-refractivity contribution in [3.63, 3.8) is 0 Å². The fourth-order valence-electron chi connectivity index (χ4n) is 2.02. The predicted octanol–water partition coefficient (Wildman–Crippen LogP) is 1.86. The molecule has 130 valence electrons. The first kappa shape index (κ1) is 19.6. The van der Waals surface area contributed by atoms with Crippen LogP contribution < -0.4 is 0 Å². The first-order valence-electron chi connectivity index (χ1n) is 7.56. The second-order valence-electron chi connectivity index (χ2n) is 5.13. The lowest BCUT2D eigenvalue weighted by Crippen LogP contribution is -2.49. The Labute approximate surface area is 141 Å². The smallest absolute Gasteiger partial charge is 0.393 e. The summed E-state index contributed by atoms with van der Waals surface area (Å²) < 4.78 is 9.19. The van der Waals surface area contributed by atoms with E-state index in [0.29, 0.717) is 6.42 Å². The Morgan fingerprint density at radius 1 is 1.08 bits per heavy atom. The maximum Gasteiger partial charge on any atom is 0.401 e. The molecule has 0 aliphatic rings. The van der Waals surface area contributed by atoms with Gasteiger partial charge in [0.25, 0.3) is 0 Å². The molecule has 0 amide bonds. The normalized spacial score (nSPS) is 12.1. The lowest BCUT2D eigenvalue weighted by Gasteiger charge is -2.30. The number of aliphatic hydroxyl groups is 2. The van der Waals surface area contributed by atoms with Gasteiger partial charge in [-0.25, -0.2) is 9.59 Å². The monoisotopic (exact) mass is 334 g/mol. The highest BCUT2D eigenvalue weighted by atomic mass is 16.8. The molecule has 0 saturated heterocycles. The Bertz CT molecular complexity index is 544. The predicted molar refractivity (Wildman–Crippen MR) is 87.5 cm³/mol. The highest BCUT2D eigenvalue weighted by Gasteiger charge is 2.43. The Kier molecular flexibility index (Phi) is 7.88. The van der Waals surface area contributed by atoms with Crippen molar-refractivity contribution >= 4 is 11.9 Å². The molecule has 0 bridgehead atoms. The summed E-state index contributed by atoms with van der Waals surface area (Å²) in [7, 11) is 0. The van der Waals surface area contributed by atoms with E-state index in [0.717, 1.165) is 30.6 Å². The minimum absolute atomic E-state index is 0.0676. The van der Waals surface area contributed by atoms with Gasteiger partial charge in [0.1, 0.15) is 0 Å². The van der Waals surface area contributed by atoms with Crippen molar-refractivity contribution in [1.29, 1.82) is 0 Å². The van der Waals surface area contributed by atoms with Crippen LogP contribution in [0.25, 0.3) is 0 Å². The van der Waals surface area contributed by atoms with Gasteiger partial charge in [0.2, 0.25) is 0 Å². The van der Waals surface area contributed by atoms with Gasteiger partial charge in [0.05, 0.1) is 0 Å². The summed E-state index contributed by atoms with van der Waals surface area (Å²) in [6, 6.07) is 9.78. The molecule has 0 heterocycles. The molecule has 0 aliphatic heterocycles. The first-order chi connectivity index (χ1) is 11.4. The van der Waals surface area contributed by atoms with Crippen molar-refractivity contribution in [3.8, 4) is 0 Å². The van der Waals surface area contributed by atoms with E-state index in [1.807, 2.05) is 30.3 Å². The van der Waals surface area contributed by atoms with E-state index in [2.05, 4.69) is 22.6 Å². The molecule has 2 N–H and O–H groups in total. The maximum absolute atomic E-state index is 11.3. The van der Waals surface area contributed by atoms with Crippen LogP contribution >= 0.6 is 0 Å². The van der Waals surface area contributed by atoms with Crippen LogP contribution in [-0.4, -0.2) is 34.2 Å². The molecule has 0 aromatic heterocycles. The summed E-state index contributed by atoms with van der Waals surface area (Å²) in [6.45, 7) is 6.37. The van der Waals surface area contributed by atoms with Crippen LogP contribution in [0.4, 0.5) is 0 Å². The van der Waals surface area contributed by atoms with Gasteiger partial charge >= 0.3 is 17.9 Å². The van der Waals surface area contributed by atoms with Gasteiger partial charge in [-0.05, 0) is 24.8 Å². The topological polar surface area (TPSA) is 93.1 Å². The highest BCUT2D eigenvalue weighted by molar-refractivity contribution is 5.83. The quantitative estimate of drug-likeness (QED) is 0.294. The van der Waals surface area contributed by atoms with Gasteiger partial charge in [-0.15, -0.1) is 0 Å². The molecule has 1 rings (SSSR count). The summed E-state index contributed by atoms with van der Waals surface area (Å²) in [5, 5.41) is 20.2. The lowest BCUT2D eigenvalue weighted by atomic mass is 10.0. The molecular formula is C18H22O6. The largest absolute Gasteiger partial charge is 0.401 e. The van der Waals surface area contributed by atoms with E-state index in [4.69, 9.17) is 0 Å². The molecule has 1 atom stereocenters. The Morgan fingerprint density at radius 2 is 1.62 bits per heavy atom. The van der Waals surface area contributed by atoms with Crippen molar-refractivity contribution in [2.45, 2.75) is 37.8 Å².